The molecule has 0 radical (unpaired) electrons. The number of nitrogens with one attached hydrogen (secondary N) is 2. The maximum Gasteiger partial charge on any atom is 0.224 e. The summed E-state index contributed by atoms with van der Waals surface area (Å²) >= 11 is 0. The minimum absolute atomic E-state index is 0.0878. The molecule has 1 atom stereocenters. The molecule has 0 spiro atoms. The number of amides is 1. The Morgan fingerprint density at radius 2 is 1.83 bits per heavy atom. The molecule has 5 nitrogen and oxygen atoms in total. The maximum atomic E-state index is 12.4. The molecule has 1 amide bonds. The Balaban J connectivity index is 1.22. The van der Waals surface area contributed by atoms with Crippen LogP contribution in [0.5, 0.6) is 0 Å². The van der Waals surface area contributed by atoms with E-state index in [1.165, 1.54) is 11.3 Å². The molecule has 2 saturated heterocycles. The normalized spacial score (nSPS) is 19.7. The minimum atomic E-state index is 0.0878. The third-order valence-corrected chi connectivity index (χ3v) is 6.10. The van der Waals surface area contributed by atoms with Crippen LogP contribution in [0.3, 0.4) is 0 Å². The molecule has 5 heteroatoms. The van der Waals surface area contributed by atoms with E-state index < -0.39 is 0 Å². The molecule has 0 aromatic heterocycles. The Hall–Kier alpha value is -2.37. The molecule has 160 valence electrons. The van der Waals surface area contributed by atoms with E-state index >= 15 is 0 Å². The number of ether oxygens (including phenoxy) is 1. The summed E-state index contributed by atoms with van der Waals surface area (Å²) in [6, 6.07) is 19.7. The zero-order valence-electron chi connectivity index (χ0n) is 17.7. The first-order valence-electron chi connectivity index (χ1n) is 11.3. The fraction of sp³-hybridized carbons (Fsp3) is 0.480. The molecular formula is C25H33N3O2. The monoisotopic (exact) mass is 407 g/mol. The van der Waals surface area contributed by atoms with Crippen molar-refractivity contribution in [1.29, 1.82) is 0 Å². The number of anilines is 2. The van der Waals surface area contributed by atoms with Gasteiger partial charge in [0, 0.05) is 49.6 Å². The third kappa shape index (κ3) is 6.07. The number of carbonyl (C=O) groups excluding carboxylic acids is 1. The number of nitrogens with zero attached hydrogens (tertiary/aromatic N) is 1. The topological polar surface area (TPSA) is 53.6 Å². The van der Waals surface area contributed by atoms with Gasteiger partial charge in [-0.15, -0.1) is 0 Å². The minimum Gasteiger partial charge on any atom is -0.380 e. The molecule has 2 aromatic carbocycles. The molecule has 0 saturated carbocycles. The van der Waals surface area contributed by atoms with Crippen LogP contribution in [0.25, 0.3) is 0 Å². The fourth-order valence-electron chi connectivity index (χ4n) is 4.41. The number of carbonyl (C=O) groups is 1. The van der Waals surface area contributed by atoms with Crippen molar-refractivity contribution >= 4 is 17.3 Å². The SMILES string of the molecule is O=C(CCCc1ccccc1)Nc1cccc(N2CCC(N[C@@H]3CCOC3)CC2)c1. The van der Waals surface area contributed by atoms with E-state index in [1.807, 2.05) is 30.3 Å². The molecule has 2 N–H and O–H groups in total. The van der Waals surface area contributed by atoms with Gasteiger partial charge in [0.1, 0.15) is 0 Å². The number of hydrogen-bond acceptors (Lipinski definition) is 4. The van der Waals surface area contributed by atoms with Crippen LogP contribution in [-0.2, 0) is 16.0 Å². The molecule has 0 bridgehead atoms. The second-order valence-corrected chi connectivity index (χ2v) is 8.43. The molecule has 2 aliphatic rings. The van der Waals surface area contributed by atoms with Gasteiger partial charge < -0.3 is 20.3 Å². The summed E-state index contributed by atoms with van der Waals surface area (Å²) in [6.07, 6.45) is 5.76. The van der Waals surface area contributed by atoms with Crippen LogP contribution in [0.15, 0.2) is 54.6 Å². The van der Waals surface area contributed by atoms with Crippen LogP contribution in [0.1, 0.15) is 37.7 Å². The van der Waals surface area contributed by atoms with Gasteiger partial charge in [-0.2, -0.15) is 0 Å². The maximum absolute atomic E-state index is 12.4. The van der Waals surface area contributed by atoms with Crippen LogP contribution in [-0.4, -0.2) is 44.3 Å². The summed E-state index contributed by atoms with van der Waals surface area (Å²) < 4.78 is 5.47. The predicted molar refractivity (Wildman–Crippen MR) is 122 cm³/mol. The fourth-order valence-corrected chi connectivity index (χ4v) is 4.41. The lowest BCUT2D eigenvalue weighted by molar-refractivity contribution is -0.116. The van der Waals surface area contributed by atoms with E-state index in [4.69, 9.17) is 4.74 Å². The van der Waals surface area contributed by atoms with Gasteiger partial charge in [-0.1, -0.05) is 36.4 Å². The average Bonchev–Trinajstić information content (AvgIpc) is 3.28. The molecule has 2 aromatic rings. The van der Waals surface area contributed by atoms with Gasteiger partial charge in [0.15, 0.2) is 0 Å². The summed E-state index contributed by atoms with van der Waals surface area (Å²) in [6.45, 7) is 3.83. The van der Waals surface area contributed by atoms with Crippen LogP contribution in [0.2, 0.25) is 0 Å². The Bertz CT molecular complexity index is 797. The van der Waals surface area contributed by atoms with E-state index in [9.17, 15) is 4.79 Å². The Labute approximate surface area is 179 Å². The molecule has 2 heterocycles. The Morgan fingerprint density at radius 1 is 1.00 bits per heavy atom. The highest BCUT2D eigenvalue weighted by atomic mass is 16.5. The smallest absolute Gasteiger partial charge is 0.224 e. The second-order valence-electron chi connectivity index (χ2n) is 8.43. The standard InChI is InChI=1S/C25H33N3O2/c29-25(11-4-8-20-6-2-1-3-7-20)27-22-9-5-10-24(18-22)28-15-12-21(13-16-28)26-23-14-17-30-19-23/h1-3,5-7,9-10,18,21,23,26H,4,8,11-17,19H2,(H,27,29)/t23-/m1/s1. The zero-order valence-corrected chi connectivity index (χ0v) is 17.7. The number of piperidine rings is 1. The van der Waals surface area contributed by atoms with Crippen molar-refractivity contribution in [2.24, 2.45) is 0 Å². The molecule has 2 fully saturated rings. The van der Waals surface area contributed by atoms with E-state index in [2.05, 4.69) is 39.8 Å². The summed E-state index contributed by atoms with van der Waals surface area (Å²) in [5.41, 5.74) is 3.37. The van der Waals surface area contributed by atoms with E-state index in [0.29, 0.717) is 18.5 Å². The van der Waals surface area contributed by atoms with Crippen LogP contribution in [0, 0.1) is 0 Å². The van der Waals surface area contributed by atoms with Crippen molar-refractivity contribution in [1.82, 2.24) is 5.32 Å². The molecular weight excluding hydrogens is 374 g/mol. The zero-order chi connectivity index (χ0) is 20.6. The van der Waals surface area contributed by atoms with Gasteiger partial charge in [-0.05, 0) is 55.9 Å². The number of benzene rings is 2. The molecule has 4 rings (SSSR count). The van der Waals surface area contributed by atoms with E-state index in [-0.39, 0.29) is 5.91 Å². The summed E-state index contributed by atoms with van der Waals surface area (Å²) in [5.74, 6) is 0.0878. The first-order chi connectivity index (χ1) is 14.8. The summed E-state index contributed by atoms with van der Waals surface area (Å²) in [4.78, 5) is 14.8. The van der Waals surface area contributed by atoms with Crippen molar-refractivity contribution in [2.75, 3.05) is 36.5 Å². The third-order valence-electron chi connectivity index (χ3n) is 6.10. The predicted octanol–water partition coefficient (Wildman–Crippen LogP) is 4.00. The van der Waals surface area contributed by atoms with Gasteiger partial charge in [-0.25, -0.2) is 0 Å². The van der Waals surface area contributed by atoms with Gasteiger partial charge in [-0.3, -0.25) is 4.79 Å². The second kappa shape index (κ2) is 10.6. The van der Waals surface area contributed by atoms with E-state index in [1.54, 1.807) is 0 Å². The molecule has 0 unspecified atom stereocenters. The highest BCUT2D eigenvalue weighted by Crippen LogP contribution is 2.24. The molecule has 30 heavy (non-hydrogen) atoms. The van der Waals surface area contributed by atoms with Crippen molar-refractivity contribution < 1.29 is 9.53 Å². The quantitative estimate of drug-likeness (QED) is 0.695. The van der Waals surface area contributed by atoms with Crippen molar-refractivity contribution in [2.45, 2.75) is 50.6 Å². The van der Waals surface area contributed by atoms with Crippen molar-refractivity contribution in [3.63, 3.8) is 0 Å². The van der Waals surface area contributed by atoms with Gasteiger partial charge in [0.2, 0.25) is 5.91 Å². The van der Waals surface area contributed by atoms with Crippen molar-refractivity contribution in [3.8, 4) is 0 Å². The summed E-state index contributed by atoms with van der Waals surface area (Å²) in [5, 5.41) is 6.82. The largest absolute Gasteiger partial charge is 0.380 e. The van der Waals surface area contributed by atoms with E-state index in [0.717, 1.165) is 64.1 Å². The van der Waals surface area contributed by atoms with Crippen LogP contribution < -0.4 is 15.5 Å². The Kier molecular flexibility index (Phi) is 7.38. The van der Waals surface area contributed by atoms with Gasteiger partial charge >= 0.3 is 0 Å². The molecule has 2 aliphatic heterocycles. The number of hydrogen-bond donors (Lipinski definition) is 2. The number of rotatable bonds is 8. The van der Waals surface area contributed by atoms with Crippen molar-refractivity contribution in [3.05, 3.63) is 60.2 Å². The van der Waals surface area contributed by atoms with Crippen LogP contribution in [0.4, 0.5) is 11.4 Å². The lowest BCUT2D eigenvalue weighted by Gasteiger charge is -2.35. The first kappa shape index (κ1) is 20.9. The van der Waals surface area contributed by atoms with Gasteiger partial charge in [0.25, 0.3) is 0 Å². The average molecular weight is 408 g/mol. The number of aryl methyl sites for hydroxylation is 1. The van der Waals surface area contributed by atoms with Crippen LogP contribution >= 0.6 is 0 Å². The lowest BCUT2D eigenvalue weighted by atomic mass is 10.0. The molecule has 0 aliphatic carbocycles. The highest BCUT2D eigenvalue weighted by Gasteiger charge is 2.24. The lowest BCUT2D eigenvalue weighted by Crippen LogP contribution is -2.46. The summed E-state index contributed by atoms with van der Waals surface area (Å²) in [7, 11) is 0. The highest BCUT2D eigenvalue weighted by molar-refractivity contribution is 5.91. The first-order valence-corrected chi connectivity index (χ1v) is 11.3. The van der Waals surface area contributed by atoms with Gasteiger partial charge in [0.05, 0.1) is 6.61 Å². The Morgan fingerprint density at radius 3 is 2.60 bits per heavy atom.